The molecule has 4 nitrogen and oxygen atoms in total. The highest BCUT2D eigenvalue weighted by atomic mass is 35.5. The lowest BCUT2D eigenvalue weighted by Crippen LogP contribution is -2.24. The molecule has 0 spiro atoms. The Morgan fingerprint density at radius 2 is 2.38 bits per heavy atom. The lowest BCUT2D eigenvalue weighted by atomic mass is 10.1. The third kappa shape index (κ3) is 2.91. The number of pyridine rings is 1. The van der Waals surface area contributed by atoms with E-state index in [-0.39, 0.29) is 6.04 Å². The number of nitrogens with zero attached hydrogens (tertiary/aromatic N) is 1. The molecule has 1 amide bonds. The number of hydrogen-bond acceptors (Lipinski definition) is 2. The summed E-state index contributed by atoms with van der Waals surface area (Å²) in [6.45, 7) is 1.74. The number of carbonyl (C=O) groups is 1. The summed E-state index contributed by atoms with van der Waals surface area (Å²) >= 11 is 5.57. The zero-order valence-corrected chi connectivity index (χ0v) is 7.75. The summed E-state index contributed by atoms with van der Waals surface area (Å²) in [4.78, 5) is 14.1. The van der Waals surface area contributed by atoms with Crippen LogP contribution < -0.4 is 5.32 Å². The van der Waals surface area contributed by atoms with Gasteiger partial charge in [-0.1, -0.05) is 17.7 Å². The van der Waals surface area contributed by atoms with Crippen LogP contribution in [0.3, 0.4) is 0 Å². The molecule has 1 aromatic heterocycles. The number of hydrogen-bond donors (Lipinski definition) is 2. The van der Waals surface area contributed by atoms with Crippen LogP contribution in [0, 0.1) is 0 Å². The summed E-state index contributed by atoms with van der Waals surface area (Å²) in [6, 6.07) is 3.08. The number of carboxylic acid groups (broad SMARTS) is 1. The minimum atomic E-state index is -1.05. The second-order valence-electron chi connectivity index (χ2n) is 2.59. The van der Waals surface area contributed by atoms with E-state index in [0.29, 0.717) is 5.15 Å². The van der Waals surface area contributed by atoms with Crippen molar-refractivity contribution in [2.75, 3.05) is 0 Å². The van der Waals surface area contributed by atoms with Crippen molar-refractivity contribution < 1.29 is 9.90 Å². The van der Waals surface area contributed by atoms with Crippen LogP contribution in [0.4, 0.5) is 4.79 Å². The van der Waals surface area contributed by atoms with Gasteiger partial charge in [0, 0.05) is 6.20 Å². The highest BCUT2D eigenvalue weighted by Gasteiger charge is 2.07. The molecule has 13 heavy (non-hydrogen) atoms. The maximum atomic E-state index is 10.3. The Kier molecular flexibility index (Phi) is 3.08. The van der Waals surface area contributed by atoms with Gasteiger partial charge in [0.15, 0.2) is 0 Å². The molecule has 5 heteroatoms. The summed E-state index contributed by atoms with van der Waals surface area (Å²) in [5.74, 6) is 0. The Balaban J connectivity index is 2.71. The average molecular weight is 201 g/mol. The van der Waals surface area contributed by atoms with Crippen LogP contribution in [-0.4, -0.2) is 16.2 Å². The van der Waals surface area contributed by atoms with Crippen LogP contribution in [0.5, 0.6) is 0 Å². The summed E-state index contributed by atoms with van der Waals surface area (Å²) in [5, 5.41) is 11.1. The standard InChI is InChI=1S/C8H9ClN2O2/c1-5(11-8(12)13)6-2-3-7(9)10-4-6/h2-5,11H,1H3,(H,12,13). The van der Waals surface area contributed by atoms with Crippen molar-refractivity contribution in [3.63, 3.8) is 0 Å². The van der Waals surface area contributed by atoms with E-state index in [9.17, 15) is 4.79 Å². The van der Waals surface area contributed by atoms with Crippen molar-refractivity contribution in [3.8, 4) is 0 Å². The zero-order chi connectivity index (χ0) is 9.84. The van der Waals surface area contributed by atoms with Gasteiger partial charge in [-0.15, -0.1) is 0 Å². The van der Waals surface area contributed by atoms with E-state index < -0.39 is 6.09 Å². The van der Waals surface area contributed by atoms with Crippen LogP contribution >= 0.6 is 11.6 Å². The summed E-state index contributed by atoms with van der Waals surface area (Å²) in [5.41, 5.74) is 0.784. The van der Waals surface area contributed by atoms with Crippen LogP contribution in [0.15, 0.2) is 18.3 Å². The average Bonchev–Trinajstić information content (AvgIpc) is 2.04. The topological polar surface area (TPSA) is 62.2 Å². The first-order valence-corrected chi connectivity index (χ1v) is 4.08. The third-order valence-corrected chi connectivity index (χ3v) is 1.81. The molecule has 1 aromatic rings. The lowest BCUT2D eigenvalue weighted by Gasteiger charge is -2.10. The van der Waals surface area contributed by atoms with Gasteiger partial charge in [0.25, 0.3) is 0 Å². The Hall–Kier alpha value is -1.29. The van der Waals surface area contributed by atoms with Gasteiger partial charge in [-0.25, -0.2) is 9.78 Å². The molecule has 1 unspecified atom stereocenters. The lowest BCUT2D eigenvalue weighted by molar-refractivity contribution is 0.191. The predicted molar refractivity (Wildman–Crippen MR) is 48.8 cm³/mol. The van der Waals surface area contributed by atoms with Crippen molar-refractivity contribution in [1.29, 1.82) is 0 Å². The first kappa shape index (κ1) is 9.80. The molecule has 1 atom stereocenters. The highest BCUT2D eigenvalue weighted by Crippen LogP contribution is 2.12. The fourth-order valence-electron chi connectivity index (χ4n) is 0.912. The molecule has 0 radical (unpaired) electrons. The number of rotatable bonds is 2. The fraction of sp³-hybridized carbons (Fsp3) is 0.250. The molecule has 1 rings (SSSR count). The van der Waals surface area contributed by atoms with Crippen molar-refractivity contribution >= 4 is 17.7 Å². The first-order valence-electron chi connectivity index (χ1n) is 3.70. The molecule has 2 N–H and O–H groups in total. The summed E-state index contributed by atoms with van der Waals surface area (Å²) < 4.78 is 0. The maximum Gasteiger partial charge on any atom is 0.405 e. The van der Waals surface area contributed by atoms with E-state index >= 15 is 0 Å². The molecule has 0 bridgehead atoms. The van der Waals surface area contributed by atoms with Gasteiger partial charge in [-0.2, -0.15) is 0 Å². The van der Waals surface area contributed by atoms with Crippen LogP contribution in [0.1, 0.15) is 18.5 Å². The van der Waals surface area contributed by atoms with Crippen molar-refractivity contribution in [1.82, 2.24) is 10.3 Å². The molecule has 0 fully saturated rings. The molecule has 0 saturated carbocycles. The fourth-order valence-corrected chi connectivity index (χ4v) is 1.02. The van der Waals surface area contributed by atoms with Gasteiger partial charge in [0.2, 0.25) is 0 Å². The zero-order valence-electron chi connectivity index (χ0n) is 6.99. The molecular weight excluding hydrogens is 192 g/mol. The molecule has 0 aliphatic heterocycles. The van der Waals surface area contributed by atoms with E-state index in [1.807, 2.05) is 0 Å². The Bertz CT molecular complexity index is 300. The first-order chi connectivity index (χ1) is 6.09. The van der Waals surface area contributed by atoms with Crippen LogP contribution in [0.2, 0.25) is 5.15 Å². The third-order valence-electron chi connectivity index (χ3n) is 1.59. The molecule has 0 aromatic carbocycles. The Morgan fingerprint density at radius 1 is 1.69 bits per heavy atom. The van der Waals surface area contributed by atoms with E-state index in [1.165, 1.54) is 0 Å². The SMILES string of the molecule is CC(NC(=O)O)c1ccc(Cl)nc1. The van der Waals surface area contributed by atoms with E-state index in [2.05, 4.69) is 10.3 Å². The maximum absolute atomic E-state index is 10.3. The molecule has 1 heterocycles. The minimum absolute atomic E-state index is 0.276. The summed E-state index contributed by atoms with van der Waals surface area (Å²) in [6.07, 6.45) is 0.491. The molecule has 0 aliphatic carbocycles. The normalized spacial score (nSPS) is 12.2. The molecular formula is C8H9ClN2O2. The molecule has 0 aliphatic rings. The second kappa shape index (κ2) is 4.09. The number of halogens is 1. The van der Waals surface area contributed by atoms with Gasteiger partial charge in [-0.3, -0.25) is 0 Å². The number of amides is 1. The smallest absolute Gasteiger partial charge is 0.405 e. The van der Waals surface area contributed by atoms with Crippen molar-refractivity contribution in [3.05, 3.63) is 29.0 Å². The van der Waals surface area contributed by atoms with Gasteiger partial charge in [0.05, 0.1) is 6.04 Å². The second-order valence-corrected chi connectivity index (χ2v) is 2.97. The molecule has 70 valence electrons. The quantitative estimate of drug-likeness (QED) is 0.719. The van der Waals surface area contributed by atoms with Gasteiger partial charge in [0.1, 0.15) is 5.15 Å². The molecule has 0 saturated heterocycles. The predicted octanol–water partition coefficient (Wildman–Crippen LogP) is 2.06. The van der Waals surface area contributed by atoms with Crippen LogP contribution in [0.25, 0.3) is 0 Å². The van der Waals surface area contributed by atoms with Gasteiger partial charge in [-0.05, 0) is 18.6 Å². The minimum Gasteiger partial charge on any atom is -0.465 e. The van der Waals surface area contributed by atoms with E-state index in [4.69, 9.17) is 16.7 Å². The monoisotopic (exact) mass is 200 g/mol. The Labute approximate surface area is 80.6 Å². The van der Waals surface area contributed by atoms with Crippen molar-refractivity contribution in [2.24, 2.45) is 0 Å². The number of aromatic nitrogens is 1. The number of nitrogens with one attached hydrogen (secondary N) is 1. The van der Waals surface area contributed by atoms with Gasteiger partial charge >= 0.3 is 6.09 Å². The van der Waals surface area contributed by atoms with Crippen LogP contribution in [-0.2, 0) is 0 Å². The van der Waals surface area contributed by atoms with E-state index in [0.717, 1.165) is 5.56 Å². The summed E-state index contributed by atoms with van der Waals surface area (Å²) in [7, 11) is 0. The Morgan fingerprint density at radius 3 is 2.85 bits per heavy atom. The van der Waals surface area contributed by atoms with E-state index in [1.54, 1.807) is 25.3 Å². The van der Waals surface area contributed by atoms with Gasteiger partial charge < -0.3 is 10.4 Å². The highest BCUT2D eigenvalue weighted by molar-refractivity contribution is 6.29. The largest absolute Gasteiger partial charge is 0.465 e. The van der Waals surface area contributed by atoms with Crippen molar-refractivity contribution in [2.45, 2.75) is 13.0 Å².